The molecule has 0 aromatic carbocycles. The maximum absolute atomic E-state index is 4.11. The molecule has 1 rings (SSSR count). The normalized spacial score (nSPS) is 13.1. The third-order valence-electron chi connectivity index (χ3n) is 2.23. The Bertz CT molecular complexity index is 257. The highest BCUT2D eigenvalue weighted by Gasteiger charge is 2.06. The fourth-order valence-corrected chi connectivity index (χ4v) is 1.43. The van der Waals surface area contributed by atoms with Gasteiger partial charge in [-0.1, -0.05) is 20.3 Å². The van der Waals surface area contributed by atoms with E-state index in [1.807, 2.05) is 0 Å². The minimum atomic E-state index is 0.573. The highest BCUT2D eigenvalue weighted by atomic mass is 15.6. The Morgan fingerprint density at radius 3 is 2.71 bits per heavy atom. The van der Waals surface area contributed by atoms with Crippen molar-refractivity contribution in [3.05, 3.63) is 5.82 Å². The van der Waals surface area contributed by atoms with Crippen LogP contribution in [0.15, 0.2) is 0 Å². The number of nitrogens with zero attached hydrogens (tertiary/aromatic N) is 4. The van der Waals surface area contributed by atoms with Crippen LogP contribution in [-0.2, 0) is 13.6 Å². The van der Waals surface area contributed by atoms with Crippen molar-refractivity contribution in [3.63, 3.8) is 0 Å². The van der Waals surface area contributed by atoms with Crippen molar-refractivity contribution in [3.8, 4) is 0 Å². The van der Waals surface area contributed by atoms with E-state index in [1.54, 1.807) is 7.05 Å². The highest BCUT2D eigenvalue weighted by molar-refractivity contribution is 4.77. The van der Waals surface area contributed by atoms with E-state index in [0.717, 1.165) is 12.2 Å². The van der Waals surface area contributed by atoms with Gasteiger partial charge in [0.25, 0.3) is 0 Å². The zero-order valence-electron chi connectivity index (χ0n) is 9.19. The summed E-state index contributed by atoms with van der Waals surface area (Å²) in [5.41, 5.74) is 0. The van der Waals surface area contributed by atoms with E-state index in [4.69, 9.17) is 0 Å². The van der Waals surface area contributed by atoms with Crippen LogP contribution in [0, 0.1) is 0 Å². The van der Waals surface area contributed by atoms with E-state index in [2.05, 4.69) is 34.6 Å². The van der Waals surface area contributed by atoms with Crippen molar-refractivity contribution in [2.24, 2.45) is 7.05 Å². The van der Waals surface area contributed by atoms with Gasteiger partial charge in [-0.2, -0.15) is 4.80 Å². The molecule has 1 aromatic heterocycles. The number of aryl methyl sites for hydroxylation is 1. The Labute approximate surface area is 84.9 Å². The van der Waals surface area contributed by atoms with Gasteiger partial charge in [0, 0.05) is 6.04 Å². The molecule has 1 atom stereocenters. The molecule has 0 spiro atoms. The number of tetrazole rings is 1. The quantitative estimate of drug-likeness (QED) is 0.735. The molecule has 1 N–H and O–H groups in total. The molecular formula is C9H19N5. The molecule has 5 heteroatoms. The van der Waals surface area contributed by atoms with E-state index in [1.165, 1.54) is 17.6 Å². The molecule has 5 nitrogen and oxygen atoms in total. The van der Waals surface area contributed by atoms with Gasteiger partial charge in [-0.15, -0.1) is 10.2 Å². The van der Waals surface area contributed by atoms with Crippen LogP contribution in [0.25, 0.3) is 0 Å². The Morgan fingerprint density at radius 1 is 1.43 bits per heavy atom. The van der Waals surface area contributed by atoms with Gasteiger partial charge in [0.1, 0.15) is 0 Å². The molecule has 0 radical (unpaired) electrons. The molecule has 1 unspecified atom stereocenters. The van der Waals surface area contributed by atoms with Gasteiger partial charge in [0.2, 0.25) is 0 Å². The number of hydrogen-bond acceptors (Lipinski definition) is 4. The van der Waals surface area contributed by atoms with Gasteiger partial charge in [0.05, 0.1) is 13.6 Å². The van der Waals surface area contributed by atoms with Gasteiger partial charge >= 0.3 is 0 Å². The fourth-order valence-electron chi connectivity index (χ4n) is 1.43. The first-order chi connectivity index (χ1) is 6.76. The summed E-state index contributed by atoms with van der Waals surface area (Å²) in [6, 6.07) is 0.573. The van der Waals surface area contributed by atoms with E-state index in [-0.39, 0.29) is 0 Å². The predicted octanol–water partition coefficient (Wildman–Crippen LogP) is 0.878. The van der Waals surface area contributed by atoms with Crippen LogP contribution >= 0.6 is 0 Å². The molecule has 0 bridgehead atoms. The van der Waals surface area contributed by atoms with Crippen LogP contribution in [0.3, 0.4) is 0 Å². The smallest absolute Gasteiger partial charge is 0.188 e. The molecule has 0 saturated heterocycles. The molecule has 1 heterocycles. The summed E-state index contributed by atoms with van der Waals surface area (Å²) in [6.45, 7) is 5.11. The van der Waals surface area contributed by atoms with Crippen molar-refractivity contribution in [2.75, 3.05) is 0 Å². The van der Waals surface area contributed by atoms with Crippen LogP contribution < -0.4 is 5.32 Å². The van der Waals surface area contributed by atoms with Gasteiger partial charge in [0.15, 0.2) is 5.82 Å². The first-order valence-corrected chi connectivity index (χ1v) is 5.22. The summed E-state index contributed by atoms with van der Waals surface area (Å²) in [5, 5.41) is 15.2. The number of rotatable bonds is 6. The summed E-state index contributed by atoms with van der Waals surface area (Å²) in [6.07, 6.45) is 3.56. The standard InChI is InChI=1S/C9H19N5/c1-4-6-8(5-2)10-7-9-11-13-14(3)12-9/h8,10H,4-7H2,1-3H3. The zero-order valence-corrected chi connectivity index (χ0v) is 9.19. The summed E-state index contributed by atoms with van der Waals surface area (Å²) in [4.78, 5) is 1.48. The molecule has 0 aliphatic rings. The Hall–Kier alpha value is -0.970. The van der Waals surface area contributed by atoms with Crippen LogP contribution in [0.1, 0.15) is 38.9 Å². The summed E-state index contributed by atoms with van der Waals surface area (Å²) < 4.78 is 0. The highest BCUT2D eigenvalue weighted by Crippen LogP contribution is 2.01. The van der Waals surface area contributed by atoms with Gasteiger partial charge < -0.3 is 5.32 Å². The monoisotopic (exact) mass is 197 g/mol. The molecular weight excluding hydrogens is 178 g/mol. The van der Waals surface area contributed by atoms with Crippen molar-refractivity contribution < 1.29 is 0 Å². The first-order valence-electron chi connectivity index (χ1n) is 5.22. The second-order valence-electron chi connectivity index (χ2n) is 3.47. The lowest BCUT2D eigenvalue weighted by molar-refractivity contribution is 0.455. The minimum absolute atomic E-state index is 0.573. The largest absolute Gasteiger partial charge is 0.307 e. The number of hydrogen-bond donors (Lipinski definition) is 1. The van der Waals surface area contributed by atoms with Crippen molar-refractivity contribution in [1.29, 1.82) is 0 Å². The van der Waals surface area contributed by atoms with E-state index in [0.29, 0.717) is 12.6 Å². The summed E-state index contributed by atoms with van der Waals surface area (Å²) in [5.74, 6) is 0.766. The van der Waals surface area contributed by atoms with Gasteiger partial charge in [-0.25, -0.2) is 0 Å². The maximum atomic E-state index is 4.11. The molecule has 0 fully saturated rings. The molecule has 1 aromatic rings. The SMILES string of the molecule is CCCC(CC)NCc1nnn(C)n1. The van der Waals surface area contributed by atoms with E-state index in [9.17, 15) is 0 Å². The van der Waals surface area contributed by atoms with Crippen LogP contribution in [0.2, 0.25) is 0 Å². The maximum Gasteiger partial charge on any atom is 0.188 e. The van der Waals surface area contributed by atoms with Crippen LogP contribution in [0.5, 0.6) is 0 Å². The lowest BCUT2D eigenvalue weighted by atomic mass is 10.1. The number of nitrogens with one attached hydrogen (secondary N) is 1. The predicted molar refractivity (Wildman–Crippen MR) is 54.6 cm³/mol. The Kier molecular flexibility index (Phi) is 4.52. The average molecular weight is 197 g/mol. The number of aromatic nitrogens is 4. The fraction of sp³-hybridized carbons (Fsp3) is 0.889. The topological polar surface area (TPSA) is 55.6 Å². The van der Waals surface area contributed by atoms with Crippen LogP contribution in [0.4, 0.5) is 0 Å². The van der Waals surface area contributed by atoms with Crippen molar-refractivity contribution >= 4 is 0 Å². The third-order valence-corrected chi connectivity index (χ3v) is 2.23. The van der Waals surface area contributed by atoms with E-state index >= 15 is 0 Å². The Morgan fingerprint density at radius 2 is 2.21 bits per heavy atom. The van der Waals surface area contributed by atoms with Crippen molar-refractivity contribution in [2.45, 2.75) is 45.7 Å². The molecule has 14 heavy (non-hydrogen) atoms. The molecule has 0 amide bonds. The third kappa shape index (κ3) is 3.41. The zero-order chi connectivity index (χ0) is 10.4. The Balaban J connectivity index is 2.31. The second-order valence-corrected chi connectivity index (χ2v) is 3.47. The minimum Gasteiger partial charge on any atom is -0.307 e. The second kappa shape index (κ2) is 5.70. The van der Waals surface area contributed by atoms with Gasteiger partial charge in [-0.3, -0.25) is 0 Å². The van der Waals surface area contributed by atoms with Crippen molar-refractivity contribution in [1.82, 2.24) is 25.5 Å². The molecule has 80 valence electrons. The van der Waals surface area contributed by atoms with E-state index < -0.39 is 0 Å². The molecule has 0 aliphatic heterocycles. The molecule has 0 aliphatic carbocycles. The van der Waals surface area contributed by atoms with Gasteiger partial charge in [-0.05, 0) is 18.1 Å². The lowest BCUT2D eigenvalue weighted by Crippen LogP contribution is -2.28. The summed E-state index contributed by atoms with van der Waals surface area (Å²) >= 11 is 0. The average Bonchev–Trinajstić information content (AvgIpc) is 2.59. The lowest BCUT2D eigenvalue weighted by Gasteiger charge is -2.13. The summed E-state index contributed by atoms with van der Waals surface area (Å²) in [7, 11) is 1.78. The van der Waals surface area contributed by atoms with Crippen LogP contribution in [-0.4, -0.2) is 26.2 Å². The first kappa shape index (κ1) is 11.1. The molecule has 0 saturated carbocycles.